The molecule has 29 heavy (non-hydrogen) atoms. The van der Waals surface area contributed by atoms with Crippen LogP contribution in [0.15, 0.2) is 24.5 Å². The van der Waals surface area contributed by atoms with E-state index in [2.05, 4.69) is 30.7 Å². The summed E-state index contributed by atoms with van der Waals surface area (Å²) in [5.74, 6) is -0.677. The fourth-order valence-corrected chi connectivity index (χ4v) is 4.02. The Balaban J connectivity index is 1.65. The number of hydrogen-bond acceptors (Lipinski definition) is 4. The number of H-pyrrole nitrogens is 2. The number of nitrogens with zero attached hydrogens (tertiary/aromatic N) is 3. The molecule has 148 valence electrons. The summed E-state index contributed by atoms with van der Waals surface area (Å²) in [6.45, 7) is 0. The minimum absolute atomic E-state index is 0.157. The van der Waals surface area contributed by atoms with E-state index in [4.69, 9.17) is 0 Å². The van der Waals surface area contributed by atoms with Gasteiger partial charge in [0, 0.05) is 17.0 Å². The minimum Gasteiger partial charge on any atom is -0.317 e. The molecule has 0 saturated carbocycles. The van der Waals surface area contributed by atoms with Crippen molar-refractivity contribution in [3.63, 3.8) is 0 Å². The van der Waals surface area contributed by atoms with Crippen molar-refractivity contribution in [3.8, 4) is 0 Å². The number of pyridine rings is 1. The second kappa shape index (κ2) is 6.29. The van der Waals surface area contributed by atoms with Crippen molar-refractivity contribution in [2.75, 3.05) is 5.32 Å². The topological polar surface area (TPSA) is 99.4 Å². The van der Waals surface area contributed by atoms with Crippen molar-refractivity contribution >= 4 is 33.4 Å². The number of aromatic nitrogens is 5. The minimum atomic E-state index is -4.67. The largest absolute Gasteiger partial charge is 0.437 e. The Morgan fingerprint density at radius 3 is 2.72 bits per heavy atom. The van der Waals surface area contributed by atoms with Crippen LogP contribution in [0.25, 0.3) is 21.8 Å². The van der Waals surface area contributed by atoms with Crippen LogP contribution in [0.3, 0.4) is 0 Å². The van der Waals surface area contributed by atoms with Gasteiger partial charge in [-0.3, -0.25) is 15.0 Å². The standard InChI is InChI=1S/C19H15F3N6O/c20-19(21,22)17-14(8-24-28-17)26-18(29)16-10-4-2-1-3-9(10)15-11-7-23-27-12(11)5-6-13(15)25-16/h5-8H,1-4H2,(H,23,27)(H,24,28)(H,26,29). The van der Waals surface area contributed by atoms with Gasteiger partial charge in [0.1, 0.15) is 5.69 Å². The van der Waals surface area contributed by atoms with Crippen LogP contribution in [0.2, 0.25) is 0 Å². The first-order valence-corrected chi connectivity index (χ1v) is 9.13. The number of benzene rings is 1. The second-order valence-corrected chi connectivity index (χ2v) is 7.01. The summed E-state index contributed by atoms with van der Waals surface area (Å²) in [7, 11) is 0. The van der Waals surface area contributed by atoms with Gasteiger partial charge in [0.15, 0.2) is 5.69 Å². The number of aryl methyl sites for hydroxylation is 1. The van der Waals surface area contributed by atoms with E-state index in [0.717, 1.165) is 52.9 Å². The number of alkyl halides is 3. The zero-order valence-electron chi connectivity index (χ0n) is 15.0. The van der Waals surface area contributed by atoms with Crippen LogP contribution in [0.4, 0.5) is 18.9 Å². The third kappa shape index (κ3) is 2.82. The Bertz CT molecular complexity index is 1260. The van der Waals surface area contributed by atoms with Crippen LogP contribution < -0.4 is 5.32 Å². The maximum absolute atomic E-state index is 13.1. The molecule has 0 unspecified atom stereocenters. The Morgan fingerprint density at radius 1 is 1.14 bits per heavy atom. The molecule has 4 aromatic rings. The molecule has 1 amide bonds. The average molecular weight is 400 g/mol. The van der Waals surface area contributed by atoms with Gasteiger partial charge in [-0.05, 0) is 48.9 Å². The fraction of sp³-hybridized carbons (Fsp3) is 0.263. The molecule has 7 nitrogen and oxygen atoms in total. The van der Waals surface area contributed by atoms with Crippen LogP contribution in [-0.2, 0) is 19.0 Å². The molecule has 0 atom stereocenters. The van der Waals surface area contributed by atoms with Gasteiger partial charge in [-0.1, -0.05) is 0 Å². The van der Waals surface area contributed by atoms with Gasteiger partial charge in [0.05, 0.1) is 22.9 Å². The SMILES string of the molecule is O=C(Nc1c[nH]nc1C(F)(F)F)c1nc2ccc3[nH]ncc3c2c2c1CCCC2. The normalized spacial score (nSPS) is 14.3. The zero-order valence-corrected chi connectivity index (χ0v) is 15.0. The Morgan fingerprint density at radius 2 is 1.93 bits per heavy atom. The second-order valence-electron chi connectivity index (χ2n) is 7.01. The first-order valence-electron chi connectivity index (χ1n) is 9.13. The van der Waals surface area contributed by atoms with Crippen LogP contribution >= 0.6 is 0 Å². The number of halogens is 3. The number of anilines is 1. The maximum atomic E-state index is 13.1. The van der Waals surface area contributed by atoms with Crippen molar-refractivity contribution in [3.05, 3.63) is 47.0 Å². The predicted octanol–water partition coefficient (Wildman–Crippen LogP) is 3.98. The summed E-state index contributed by atoms with van der Waals surface area (Å²) in [5.41, 5.74) is 1.86. The van der Waals surface area contributed by atoms with Crippen molar-refractivity contribution in [1.29, 1.82) is 0 Å². The van der Waals surface area contributed by atoms with Crippen molar-refractivity contribution in [2.24, 2.45) is 0 Å². The lowest BCUT2D eigenvalue weighted by atomic mass is 9.87. The van der Waals surface area contributed by atoms with Crippen LogP contribution in [0.5, 0.6) is 0 Å². The Labute approximate surface area is 161 Å². The van der Waals surface area contributed by atoms with Crippen LogP contribution in [0, 0.1) is 0 Å². The predicted molar refractivity (Wildman–Crippen MR) is 99.6 cm³/mol. The molecule has 0 saturated heterocycles. The molecule has 5 rings (SSSR count). The zero-order chi connectivity index (χ0) is 20.2. The smallest absolute Gasteiger partial charge is 0.317 e. The number of aromatic amines is 2. The summed E-state index contributed by atoms with van der Waals surface area (Å²) in [4.78, 5) is 17.4. The van der Waals surface area contributed by atoms with Gasteiger partial charge >= 0.3 is 6.18 Å². The van der Waals surface area contributed by atoms with Crippen LogP contribution in [-0.4, -0.2) is 31.3 Å². The monoisotopic (exact) mass is 400 g/mol. The number of nitrogens with one attached hydrogen (secondary N) is 3. The lowest BCUT2D eigenvalue weighted by Gasteiger charge is -2.21. The molecule has 0 bridgehead atoms. The van der Waals surface area contributed by atoms with Gasteiger partial charge in [-0.15, -0.1) is 0 Å². The van der Waals surface area contributed by atoms with E-state index in [-0.39, 0.29) is 5.69 Å². The van der Waals surface area contributed by atoms with Gasteiger partial charge in [-0.2, -0.15) is 23.4 Å². The first-order chi connectivity index (χ1) is 13.9. The molecule has 10 heteroatoms. The Kier molecular flexibility index (Phi) is 3.83. The van der Waals surface area contributed by atoms with E-state index in [9.17, 15) is 18.0 Å². The number of carbonyl (C=O) groups excluding carboxylic acids is 1. The highest BCUT2D eigenvalue weighted by Gasteiger charge is 2.37. The highest BCUT2D eigenvalue weighted by atomic mass is 19.4. The van der Waals surface area contributed by atoms with Crippen molar-refractivity contribution in [2.45, 2.75) is 31.9 Å². The van der Waals surface area contributed by atoms with Gasteiger partial charge < -0.3 is 5.32 Å². The van der Waals surface area contributed by atoms with Crippen molar-refractivity contribution < 1.29 is 18.0 Å². The summed E-state index contributed by atoms with van der Waals surface area (Å²) < 4.78 is 39.2. The van der Waals surface area contributed by atoms with E-state index in [1.165, 1.54) is 0 Å². The number of carbonyl (C=O) groups is 1. The summed E-state index contributed by atoms with van der Waals surface area (Å²) >= 11 is 0. The summed E-state index contributed by atoms with van der Waals surface area (Å²) in [5, 5.41) is 16.6. The van der Waals surface area contributed by atoms with Gasteiger partial charge in [0.2, 0.25) is 0 Å². The fourth-order valence-electron chi connectivity index (χ4n) is 4.02. The van der Waals surface area contributed by atoms with E-state index in [1.807, 2.05) is 6.07 Å². The molecule has 1 aromatic carbocycles. The number of hydrogen-bond donors (Lipinski definition) is 3. The molecule has 1 aliphatic rings. The quantitative estimate of drug-likeness (QED) is 0.474. The molecular weight excluding hydrogens is 385 g/mol. The Hall–Kier alpha value is -3.43. The summed E-state index contributed by atoms with van der Waals surface area (Å²) in [6, 6.07) is 3.62. The molecule has 3 N–H and O–H groups in total. The molecule has 3 heterocycles. The lowest BCUT2D eigenvalue weighted by Crippen LogP contribution is -2.21. The highest BCUT2D eigenvalue weighted by Crippen LogP contribution is 2.36. The highest BCUT2D eigenvalue weighted by molar-refractivity contribution is 6.11. The van der Waals surface area contributed by atoms with Gasteiger partial charge in [-0.25, -0.2) is 4.98 Å². The maximum Gasteiger partial charge on any atom is 0.437 e. The van der Waals surface area contributed by atoms with E-state index in [0.29, 0.717) is 11.9 Å². The lowest BCUT2D eigenvalue weighted by molar-refractivity contribution is -0.140. The molecule has 1 aliphatic carbocycles. The molecule has 0 fully saturated rings. The number of fused-ring (bicyclic) bond motifs is 5. The van der Waals surface area contributed by atoms with E-state index < -0.39 is 23.5 Å². The van der Waals surface area contributed by atoms with Gasteiger partial charge in [0.25, 0.3) is 5.91 Å². The molecule has 0 aliphatic heterocycles. The summed E-state index contributed by atoms with van der Waals surface area (Å²) in [6.07, 6.45) is 1.36. The third-order valence-electron chi connectivity index (χ3n) is 5.26. The van der Waals surface area contributed by atoms with E-state index >= 15 is 0 Å². The number of rotatable bonds is 2. The van der Waals surface area contributed by atoms with Crippen molar-refractivity contribution in [1.82, 2.24) is 25.4 Å². The van der Waals surface area contributed by atoms with Crippen LogP contribution in [0.1, 0.15) is 40.2 Å². The number of amides is 1. The average Bonchev–Trinajstić information content (AvgIpc) is 3.35. The molecular formula is C19H15F3N6O. The molecule has 0 spiro atoms. The molecule has 0 radical (unpaired) electrons. The first kappa shape index (κ1) is 17.7. The molecule has 3 aromatic heterocycles. The third-order valence-corrected chi connectivity index (χ3v) is 5.26. The van der Waals surface area contributed by atoms with E-state index in [1.54, 1.807) is 12.3 Å².